The van der Waals surface area contributed by atoms with Gasteiger partial charge < -0.3 is 19.7 Å². The third-order valence-corrected chi connectivity index (χ3v) is 4.96. The lowest BCUT2D eigenvalue weighted by atomic mass is 10.1. The van der Waals surface area contributed by atoms with Crippen molar-refractivity contribution in [3.63, 3.8) is 0 Å². The molecule has 26 heavy (non-hydrogen) atoms. The Kier molecular flexibility index (Phi) is 5.81. The Morgan fingerprint density at radius 1 is 1.31 bits per heavy atom. The van der Waals surface area contributed by atoms with Gasteiger partial charge in [0.2, 0.25) is 0 Å². The highest BCUT2D eigenvalue weighted by Crippen LogP contribution is 2.23. The van der Waals surface area contributed by atoms with Crippen molar-refractivity contribution in [2.45, 2.75) is 26.4 Å². The molecule has 140 valence electrons. The minimum Gasteiger partial charge on any atom is -0.371 e. The van der Waals surface area contributed by atoms with Crippen LogP contribution in [0.2, 0.25) is 0 Å². The van der Waals surface area contributed by atoms with Crippen LogP contribution in [0.4, 0.5) is 14.9 Å². The molecule has 0 unspecified atom stereocenters. The number of carbonyl (C=O) groups excluding carboxylic acids is 1. The molecule has 2 heterocycles. The molecule has 1 aromatic heterocycles. The molecule has 1 aromatic carbocycles. The zero-order valence-corrected chi connectivity index (χ0v) is 15.5. The minimum absolute atomic E-state index is 0.0468. The first-order valence-electron chi connectivity index (χ1n) is 9.19. The summed E-state index contributed by atoms with van der Waals surface area (Å²) >= 11 is 0. The number of aromatic nitrogens is 1. The summed E-state index contributed by atoms with van der Waals surface area (Å²) in [4.78, 5) is 16.3. The van der Waals surface area contributed by atoms with E-state index in [0.717, 1.165) is 37.3 Å². The number of hydrogen-bond donors (Lipinski definition) is 1. The quantitative estimate of drug-likeness (QED) is 0.861. The third-order valence-electron chi connectivity index (χ3n) is 4.96. The summed E-state index contributed by atoms with van der Waals surface area (Å²) in [5, 5.41) is 3.04. The van der Waals surface area contributed by atoms with E-state index in [0.29, 0.717) is 19.0 Å². The Morgan fingerprint density at radius 2 is 2.08 bits per heavy atom. The lowest BCUT2D eigenvalue weighted by Gasteiger charge is -2.20. The molecule has 2 aromatic rings. The molecule has 0 radical (unpaired) electrons. The van der Waals surface area contributed by atoms with Crippen molar-refractivity contribution in [1.29, 1.82) is 0 Å². The Hall–Kier alpha value is -2.50. The van der Waals surface area contributed by atoms with Gasteiger partial charge in [0.25, 0.3) is 0 Å². The first-order chi connectivity index (χ1) is 12.5. The van der Waals surface area contributed by atoms with Crippen LogP contribution >= 0.6 is 0 Å². The van der Waals surface area contributed by atoms with Gasteiger partial charge in [0.1, 0.15) is 5.82 Å². The number of nitrogens with one attached hydrogen (secondary N) is 1. The van der Waals surface area contributed by atoms with Crippen molar-refractivity contribution in [2.75, 3.05) is 31.6 Å². The number of nitrogens with zero attached hydrogens (tertiary/aromatic N) is 3. The van der Waals surface area contributed by atoms with Gasteiger partial charge >= 0.3 is 6.03 Å². The van der Waals surface area contributed by atoms with Gasteiger partial charge in [-0.05, 0) is 55.2 Å². The number of halogens is 1. The first-order valence-corrected chi connectivity index (χ1v) is 9.19. The van der Waals surface area contributed by atoms with Crippen LogP contribution in [0.5, 0.6) is 0 Å². The van der Waals surface area contributed by atoms with Crippen LogP contribution in [0.15, 0.2) is 42.7 Å². The molecular formula is C20H27FN4O. The zero-order valence-electron chi connectivity index (χ0n) is 15.5. The number of rotatable bonds is 6. The smallest absolute Gasteiger partial charge is 0.317 e. The molecule has 1 saturated heterocycles. The maximum absolute atomic E-state index is 13.0. The fourth-order valence-electron chi connectivity index (χ4n) is 3.38. The SMILES string of the molecule is CCn1ccc(CN(C)C(=O)NC[C@@H]2CCN(c3ccc(F)cc3)C2)c1. The van der Waals surface area contributed by atoms with Crippen LogP contribution in [-0.2, 0) is 13.1 Å². The summed E-state index contributed by atoms with van der Waals surface area (Å²) in [6, 6.07) is 8.61. The van der Waals surface area contributed by atoms with Crippen LogP contribution in [-0.4, -0.2) is 42.2 Å². The molecule has 1 N–H and O–H groups in total. The number of anilines is 1. The van der Waals surface area contributed by atoms with E-state index in [1.54, 1.807) is 4.90 Å². The van der Waals surface area contributed by atoms with Crippen LogP contribution in [0, 0.1) is 11.7 Å². The molecular weight excluding hydrogens is 331 g/mol. The Bertz CT molecular complexity index is 728. The molecule has 1 atom stereocenters. The second-order valence-electron chi connectivity index (χ2n) is 6.97. The molecule has 0 bridgehead atoms. The van der Waals surface area contributed by atoms with Crippen molar-refractivity contribution in [3.05, 3.63) is 54.1 Å². The average molecular weight is 358 g/mol. The fraction of sp³-hybridized carbons (Fsp3) is 0.450. The number of aryl methyl sites for hydroxylation is 1. The van der Waals surface area contributed by atoms with Gasteiger partial charge in [0.05, 0.1) is 0 Å². The second-order valence-corrected chi connectivity index (χ2v) is 6.97. The largest absolute Gasteiger partial charge is 0.371 e. The third kappa shape index (κ3) is 4.56. The Morgan fingerprint density at radius 3 is 2.77 bits per heavy atom. The minimum atomic E-state index is -0.214. The highest BCUT2D eigenvalue weighted by molar-refractivity contribution is 5.73. The predicted octanol–water partition coefficient (Wildman–Crippen LogP) is 3.32. The lowest BCUT2D eigenvalue weighted by Crippen LogP contribution is -2.39. The van der Waals surface area contributed by atoms with Gasteiger partial charge in [-0.15, -0.1) is 0 Å². The highest BCUT2D eigenvalue weighted by atomic mass is 19.1. The molecule has 0 spiro atoms. The molecule has 0 aliphatic carbocycles. The molecule has 6 heteroatoms. The van der Waals surface area contributed by atoms with Gasteiger partial charge in [0, 0.05) is 57.9 Å². The molecule has 3 rings (SSSR count). The van der Waals surface area contributed by atoms with Gasteiger partial charge in [0.15, 0.2) is 0 Å². The van der Waals surface area contributed by atoms with Crippen molar-refractivity contribution < 1.29 is 9.18 Å². The van der Waals surface area contributed by atoms with Crippen LogP contribution in [0.25, 0.3) is 0 Å². The van der Waals surface area contributed by atoms with Crippen molar-refractivity contribution in [3.8, 4) is 0 Å². The molecule has 1 aliphatic heterocycles. The number of benzene rings is 1. The van der Waals surface area contributed by atoms with E-state index < -0.39 is 0 Å². The number of hydrogen-bond acceptors (Lipinski definition) is 2. The number of amides is 2. The first kappa shape index (κ1) is 18.3. The van der Waals surface area contributed by atoms with E-state index in [2.05, 4.69) is 27.9 Å². The lowest BCUT2D eigenvalue weighted by molar-refractivity contribution is 0.205. The number of urea groups is 1. The summed E-state index contributed by atoms with van der Waals surface area (Å²) in [7, 11) is 1.82. The second kappa shape index (κ2) is 8.25. The fourth-order valence-corrected chi connectivity index (χ4v) is 3.38. The van der Waals surface area contributed by atoms with E-state index in [-0.39, 0.29) is 11.8 Å². The summed E-state index contributed by atoms with van der Waals surface area (Å²) in [6.45, 7) is 6.11. The molecule has 1 fully saturated rings. The standard InChI is InChI=1S/C20H27FN4O/c1-3-24-10-8-17(14-24)13-23(2)20(26)22-12-16-9-11-25(15-16)19-6-4-18(21)5-7-19/h4-8,10,14,16H,3,9,11-13,15H2,1-2H3,(H,22,26)/t16-/m0/s1. The monoisotopic (exact) mass is 358 g/mol. The summed E-state index contributed by atoms with van der Waals surface area (Å²) in [6.07, 6.45) is 5.13. The van der Waals surface area contributed by atoms with E-state index in [9.17, 15) is 9.18 Å². The predicted molar refractivity (Wildman–Crippen MR) is 102 cm³/mol. The van der Waals surface area contributed by atoms with Crippen molar-refractivity contribution >= 4 is 11.7 Å². The maximum atomic E-state index is 13.0. The van der Waals surface area contributed by atoms with Crippen molar-refractivity contribution in [1.82, 2.24) is 14.8 Å². The van der Waals surface area contributed by atoms with Gasteiger partial charge in [-0.25, -0.2) is 9.18 Å². The van der Waals surface area contributed by atoms with Crippen LogP contribution in [0.3, 0.4) is 0 Å². The molecule has 2 amide bonds. The highest BCUT2D eigenvalue weighted by Gasteiger charge is 2.23. The van der Waals surface area contributed by atoms with Crippen LogP contribution in [0.1, 0.15) is 18.9 Å². The van der Waals surface area contributed by atoms with E-state index in [1.165, 1.54) is 12.1 Å². The van der Waals surface area contributed by atoms with Gasteiger partial charge in [-0.2, -0.15) is 0 Å². The Balaban J connectivity index is 1.43. The molecule has 0 saturated carbocycles. The van der Waals surface area contributed by atoms with E-state index in [4.69, 9.17) is 0 Å². The topological polar surface area (TPSA) is 40.5 Å². The normalized spacial score (nSPS) is 16.7. The molecule has 1 aliphatic rings. The van der Waals surface area contributed by atoms with E-state index in [1.807, 2.05) is 31.4 Å². The van der Waals surface area contributed by atoms with Gasteiger partial charge in [-0.1, -0.05) is 0 Å². The summed E-state index contributed by atoms with van der Waals surface area (Å²) in [5.41, 5.74) is 2.17. The van der Waals surface area contributed by atoms with Crippen LogP contribution < -0.4 is 10.2 Å². The average Bonchev–Trinajstić information content (AvgIpc) is 3.29. The Labute approximate surface area is 154 Å². The zero-order chi connectivity index (χ0) is 18.5. The molecule has 5 nitrogen and oxygen atoms in total. The van der Waals surface area contributed by atoms with E-state index >= 15 is 0 Å². The summed E-state index contributed by atoms with van der Waals surface area (Å²) < 4.78 is 15.1. The number of carbonyl (C=O) groups is 1. The summed E-state index contributed by atoms with van der Waals surface area (Å²) in [5.74, 6) is 0.202. The maximum Gasteiger partial charge on any atom is 0.317 e. The van der Waals surface area contributed by atoms with Gasteiger partial charge in [-0.3, -0.25) is 0 Å². The van der Waals surface area contributed by atoms with Crippen molar-refractivity contribution in [2.24, 2.45) is 5.92 Å².